The van der Waals surface area contributed by atoms with Gasteiger partial charge in [0.2, 0.25) is 0 Å². The van der Waals surface area contributed by atoms with E-state index >= 15 is 0 Å². The van der Waals surface area contributed by atoms with Crippen LogP contribution in [-0.2, 0) is 0 Å². The van der Waals surface area contributed by atoms with E-state index in [4.69, 9.17) is 5.26 Å². The highest BCUT2D eigenvalue weighted by Gasteiger charge is 1.69. The molecule has 0 aliphatic heterocycles. The van der Waals surface area contributed by atoms with E-state index in [9.17, 15) is 0 Å². The fourth-order valence-electron chi connectivity index (χ4n) is 1.06. The maximum atomic E-state index is 8.30. The Kier molecular flexibility index (Phi) is 13.2. The maximum Gasteiger partial charge on any atom is 0.0663 e. The van der Waals surface area contributed by atoms with Crippen LogP contribution < -0.4 is 0 Å². The summed E-state index contributed by atoms with van der Waals surface area (Å²) < 4.78 is 0. The standard InChI is InChI=1S/C17H21N/c1-2-3-4-5-6-7-8-9-10-11-12-13-14-15-16-17-18/h3-8,10-15H,2,9,16H2,1H3/b4-3+,6-5+,8-7+,11-10+,13-12+,15-14+. The molecule has 94 valence electrons. The Morgan fingerprint density at radius 3 is 1.72 bits per heavy atom. The van der Waals surface area contributed by atoms with E-state index in [1.165, 1.54) is 0 Å². The summed E-state index contributed by atoms with van der Waals surface area (Å²) in [6.45, 7) is 2.12. The smallest absolute Gasteiger partial charge is 0.0663 e. The first-order chi connectivity index (χ1) is 8.91. The Labute approximate surface area is 111 Å². The molecular weight excluding hydrogens is 218 g/mol. The zero-order valence-corrected chi connectivity index (χ0v) is 11.0. The molecule has 0 rings (SSSR count). The van der Waals surface area contributed by atoms with Crippen molar-refractivity contribution < 1.29 is 0 Å². The van der Waals surface area contributed by atoms with Crippen LogP contribution in [0.3, 0.4) is 0 Å². The van der Waals surface area contributed by atoms with E-state index in [0.29, 0.717) is 6.42 Å². The van der Waals surface area contributed by atoms with Gasteiger partial charge in [-0.15, -0.1) is 0 Å². The third-order valence-electron chi connectivity index (χ3n) is 1.93. The number of nitrogens with zero attached hydrogens (tertiary/aromatic N) is 1. The van der Waals surface area contributed by atoms with Crippen molar-refractivity contribution in [2.75, 3.05) is 0 Å². The number of allylic oxidation sites excluding steroid dienone is 12. The van der Waals surface area contributed by atoms with Gasteiger partial charge in [0.05, 0.1) is 12.5 Å². The van der Waals surface area contributed by atoms with Crippen LogP contribution in [0.5, 0.6) is 0 Å². The molecule has 0 bridgehead atoms. The molecule has 1 heteroatoms. The summed E-state index contributed by atoms with van der Waals surface area (Å²) in [5.74, 6) is 0. The molecule has 0 aromatic rings. The van der Waals surface area contributed by atoms with Crippen molar-refractivity contribution >= 4 is 0 Å². The Morgan fingerprint density at radius 1 is 0.722 bits per heavy atom. The summed E-state index contributed by atoms with van der Waals surface area (Å²) >= 11 is 0. The molecule has 0 spiro atoms. The van der Waals surface area contributed by atoms with Gasteiger partial charge in [-0.05, 0) is 12.8 Å². The van der Waals surface area contributed by atoms with Gasteiger partial charge in [0.15, 0.2) is 0 Å². The summed E-state index contributed by atoms with van der Waals surface area (Å²) in [5, 5.41) is 8.30. The van der Waals surface area contributed by atoms with Crippen molar-refractivity contribution in [2.24, 2.45) is 0 Å². The van der Waals surface area contributed by atoms with Crippen LogP contribution in [0.1, 0.15) is 26.2 Å². The quantitative estimate of drug-likeness (QED) is 0.544. The second kappa shape index (κ2) is 14.9. The highest BCUT2D eigenvalue weighted by atomic mass is 14.2. The van der Waals surface area contributed by atoms with E-state index in [1.807, 2.05) is 48.6 Å². The van der Waals surface area contributed by atoms with Crippen LogP contribution in [0, 0.1) is 11.3 Å². The maximum absolute atomic E-state index is 8.30. The minimum Gasteiger partial charge on any atom is -0.198 e. The van der Waals surface area contributed by atoms with Gasteiger partial charge in [-0.3, -0.25) is 0 Å². The average Bonchev–Trinajstić information content (AvgIpc) is 2.39. The number of hydrogen-bond acceptors (Lipinski definition) is 1. The van der Waals surface area contributed by atoms with Gasteiger partial charge in [-0.2, -0.15) is 5.26 Å². The zero-order chi connectivity index (χ0) is 13.3. The average molecular weight is 239 g/mol. The van der Waals surface area contributed by atoms with Gasteiger partial charge in [0.1, 0.15) is 0 Å². The van der Waals surface area contributed by atoms with Crippen molar-refractivity contribution in [1.82, 2.24) is 0 Å². The Bertz CT molecular complexity index is 384. The predicted molar refractivity (Wildman–Crippen MR) is 80.0 cm³/mol. The lowest BCUT2D eigenvalue weighted by Crippen LogP contribution is -1.58. The molecular formula is C17H21N. The first-order valence-corrected chi connectivity index (χ1v) is 6.25. The van der Waals surface area contributed by atoms with Crippen LogP contribution in [0.15, 0.2) is 72.9 Å². The Morgan fingerprint density at radius 2 is 1.22 bits per heavy atom. The second-order valence-corrected chi connectivity index (χ2v) is 3.49. The van der Waals surface area contributed by atoms with E-state index in [2.05, 4.69) is 37.3 Å². The molecule has 0 unspecified atom stereocenters. The number of rotatable bonds is 8. The van der Waals surface area contributed by atoms with Crippen LogP contribution in [-0.4, -0.2) is 0 Å². The first-order valence-electron chi connectivity index (χ1n) is 6.25. The van der Waals surface area contributed by atoms with Gasteiger partial charge in [-0.25, -0.2) is 0 Å². The van der Waals surface area contributed by atoms with Crippen LogP contribution in [0.25, 0.3) is 0 Å². The number of hydrogen-bond donors (Lipinski definition) is 0. The molecule has 0 N–H and O–H groups in total. The van der Waals surface area contributed by atoms with E-state index in [1.54, 1.807) is 0 Å². The van der Waals surface area contributed by atoms with E-state index in [-0.39, 0.29) is 0 Å². The van der Waals surface area contributed by atoms with Gasteiger partial charge < -0.3 is 0 Å². The molecule has 0 aliphatic carbocycles. The van der Waals surface area contributed by atoms with Gasteiger partial charge >= 0.3 is 0 Å². The molecule has 0 aromatic carbocycles. The molecule has 0 aliphatic rings. The van der Waals surface area contributed by atoms with Gasteiger partial charge in [0.25, 0.3) is 0 Å². The summed E-state index contributed by atoms with van der Waals surface area (Å²) in [7, 11) is 0. The minimum absolute atomic E-state index is 0.468. The molecule has 0 aromatic heterocycles. The lowest BCUT2D eigenvalue weighted by molar-refractivity contribution is 1.22. The summed E-state index contributed by atoms with van der Waals surface area (Å²) in [6, 6.07) is 2.05. The molecule has 18 heavy (non-hydrogen) atoms. The monoisotopic (exact) mass is 239 g/mol. The van der Waals surface area contributed by atoms with Gasteiger partial charge in [0, 0.05) is 0 Å². The van der Waals surface area contributed by atoms with Crippen LogP contribution in [0.2, 0.25) is 0 Å². The van der Waals surface area contributed by atoms with Crippen molar-refractivity contribution in [3.8, 4) is 6.07 Å². The molecule has 0 heterocycles. The summed E-state index contributed by atoms with van der Waals surface area (Å²) in [5.41, 5.74) is 0. The molecule has 1 nitrogen and oxygen atoms in total. The highest BCUT2D eigenvalue weighted by molar-refractivity contribution is 5.14. The molecule has 0 fully saturated rings. The molecule has 0 amide bonds. The molecule has 0 atom stereocenters. The van der Waals surface area contributed by atoms with Crippen molar-refractivity contribution in [3.05, 3.63) is 72.9 Å². The topological polar surface area (TPSA) is 23.8 Å². The second-order valence-electron chi connectivity index (χ2n) is 3.49. The normalized spacial score (nSPS) is 13.1. The van der Waals surface area contributed by atoms with Crippen molar-refractivity contribution in [2.45, 2.75) is 26.2 Å². The zero-order valence-electron chi connectivity index (χ0n) is 11.0. The van der Waals surface area contributed by atoms with Gasteiger partial charge in [-0.1, -0.05) is 79.8 Å². The van der Waals surface area contributed by atoms with Crippen LogP contribution in [0.4, 0.5) is 0 Å². The largest absolute Gasteiger partial charge is 0.198 e. The van der Waals surface area contributed by atoms with E-state index < -0.39 is 0 Å². The lowest BCUT2D eigenvalue weighted by atomic mass is 10.3. The number of nitriles is 1. The van der Waals surface area contributed by atoms with Crippen molar-refractivity contribution in [1.29, 1.82) is 5.26 Å². The molecule has 0 saturated carbocycles. The lowest BCUT2D eigenvalue weighted by Gasteiger charge is -1.79. The third-order valence-corrected chi connectivity index (χ3v) is 1.93. The van der Waals surface area contributed by atoms with Crippen LogP contribution >= 0.6 is 0 Å². The molecule has 0 saturated heterocycles. The third kappa shape index (κ3) is 13.9. The predicted octanol–water partition coefficient (Wildman–Crippen LogP) is 5.04. The Hall–Kier alpha value is -2.07. The fraction of sp³-hybridized carbons (Fsp3) is 0.235. The van der Waals surface area contributed by atoms with Crippen molar-refractivity contribution in [3.63, 3.8) is 0 Å². The Balaban J connectivity index is 3.65. The SMILES string of the molecule is CC/C=C/C=C/C=C/C/C=C/C=C/C=C/CC#N. The summed E-state index contributed by atoms with van der Waals surface area (Å²) in [6.07, 6.45) is 26.5. The first kappa shape index (κ1) is 15.9. The minimum atomic E-state index is 0.468. The summed E-state index contributed by atoms with van der Waals surface area (Å²) in [4.78, 5) is 0. The van der Waals surface area contributed by atoms with E-state index in [0.717, 1.165) is 12.8 Å². The molecule has 0 radical (unpaired) electrons. The highest BCUT2D eigenvalue weighted by Crippen LogP contribution is 1.90. The fourth-order valence-corrected chi connectivity index (χ4v) is 1.06.